The third-order valence-corrected chi connectivity index (χ3v) is 4.55. The largest absolute Gasteiger partial charge is 0.497 e. The van der Waals surface area contributed by atoms with Crippen LogP contribution in [0.25, 0.3) is 0 Å². The minimum atomic E-state index is 0.773. The second kappa shape index (κ2) is 5.85. The van der Waals surface area contributed by atoms with Crippen molar-refractivity contribution in [3.05, 3.63) is 41.7 Å². The molecule has 2 aromatic rings. The van der Waals surface area contributed by atoms with Gasteiger partial charge in [-0.3, -0.25) is 4.98 Å². The third kappa shape index (κ3) is 3.08. The summed E-state index contributed by atoms with van der Waals surface area (Å²) in [6.07, 6.45) is 0. The van der Waals surface area contributed by atoms with E-state index in [2.05, 4.69) is 22.0 Å². The maximum Gasteiger partial charge on any atom is 0.122 e. The molecule has 1 aliphatic rings. The summed E-state index contributed by atoms with van der Waals surface area (Å²) in [7, 11) is 1.69. The first-order valence-electron chi connectivity index (χ1n) is 6.94. The number of fused-ring (bicyclic) bond motifs is 1. The van der Waals surface area contributed by atoms with Gasteiger partial charge in [0, 0.05) is 40.7 Å². The summed E-state index contributed by atoms with van der Waals surface area (Å²) in [6.45, 7) is 3.76. The number of hydrogen-bond acceptors (Lipinski definition) is 5. The molecule has 5 heteroatoms. The maximum absolute atomic E-state index is 5.94. The van der Waals surface area contributed by atoms with E-state index >= 15 is 0 Å². The summed E-state index contributed by atoms with van der Waals surface area (Å²) in [5.41, 5.74) is 9.94. The Morgan fingerprint density at radius 3 is 3.00 bits per heavy atom. The minimum absolute atomic E-state index is 0.773. The second-order valence-corrected chi connectivity index (χ2v) is 6.27. The van der Waals surface area contributed by atoms with Gasteiger partial charge in [0.15, 0.2) is 0 Å². The Labute approximate surface area is 129 Å². The first kappa shape index (κ1) is 14.1. The van der Waals surface area contributed by atoms with E-state index in [0.717, 1.165) is 41.7 Å². The van der Waals surface area contributed by atoms with Crippen LogP contribution in [0.3, 0.4) is 0 Å². The molecule has 21 heavy (non-hydrogen) atoms. The predicted molar refractivity (Wildman–Crippen MR) is 88.2 cm³/mol. The Bertz CT molecular complexity index is 660. The number of pyridine rings is 1. The summed E-state index contributed by atoms with van der Waals surface area (Å²) < 4.78 is 5.33. The fourth-order valence-electron chi connectivity index (χ4n) is 2.55. The van der Waals surface area contributed by atoms with Crippen molar-refractivity contribution in [2.75, 3.05) is 30.0 Å². The number of anilines is 2. The van der Waals surface area contributed by atoms with Gasteiger partial charge in [-0.15, -0.1) is 11.8 Å². The van der Waals surface area contributed by atoms with Crippen LogP contribution in [0.5, 0.6) is 5.75 Å². The monoisotopic (exact) mass is 301 g/mol. The minimum Gasteiger partial charge on any atom is -0.497 e. The van der Waals surface area contributed by atoms with E-state index in [0.29, 0.717) is 0 Å². The fraction of sp³-hybridized carbons (Fsp3) is 0.312. The van der Waals surface area contributed by atoms with Crippen LogP contribution in [0.4, 0.5) is 11.4 Å². The Morgan fingerprint density at radius 2 is 2.19 bits per heavy atom. The van der Waals surface area contributed by atoms with Crippen LogP contribution < -0.4 is 15.4 Å². The van der Waals surface area contributed by atoms with Gasteiger partial charge in [0.05, 0.1) is 25.0 Å². The molecule has 0 saturated heterocycles. The van der Waals surface area contributed by atoms with Crippen LogP contribution in [-0.2, 0) is 6.54 Å². The Balaban J connectivity index is 1.90. The molecule has 0 atom stereocenters. The van der Waals surface area contributed by atoms with Crippen molar-refractivity contribution in [2.24, 2.45) is 0 Å². The van der Waals surface area contributed by atoms with Gasteiger partial charge in [-0.25, -0.2) is 0 Å². The van der Waals surface area contributed by atoms with Crippen molar-refractivity contribution in [1.82, 2.24) is 4.98 Å². The van der Waals surface area contributed by atoms with Crippen molar-refractivity contribution in [2.45, 2.75) is 18.4 Å². The quantitative estimate of drug-likeness (QED) is 0.883. The Kier molecular flexibility index (Phi) is 3.92. The van der Waals surface area contributed by atoms with Crippen molar-refractivity contribution in [1.29, 1.82) is 0 Å². The van der Waals surface area contributed by atoms with Gasteiger partial charge in [-0.2, -0.15) is 0 Å². The van der Waals surface area contributed by atoms with Gasteiger partial charge < -0.3 is 15.4 Å². The number of benzene rings is 1. The molecule has 0 bridgehead atoms. The molecular weight excluding hydrogens is 282 g/mol. The number of nitrogens with two attached hydrogens (primary N) is 1. The lowest BCUT2D eigenvalue weighted by atomic mass is 10.2. The predicted octanol–water partition coefficient (Wildman–Crippen LogP) is 3.09. The lowest BCUT2D eigenvalue weighted by molar-refractivity contribution is 0.413. The zero-order valence-corrected chi connectivity index (χ0v) is 13.1. The second-order valence-electron chi connectivity index (χ2n) is 5.14. The maximum atomic E-state index is 5.94. The Hall–Kier alpha value is -1.88. The van der Waals surface area contributed by atoms with E-state index < -0.39 is 0 Å². The van der Waals surface area contributed by atoms with E-state index in [9.17, 15) is 0 Å². The van der Waals surface area contributed by atoms with E-state index in [-0.39, 0.29) is 0 Å². The molecule has 0 aliphatic carbocycles. The molecule has 4 nitrogen and oxygen atoms in total. The van der Waals surface area contributed by atoms with Crippen LogP contribution in [0.1, 0.15) is 11.4 Å². The van der Waals surface area contributed by atoms with E-state index in [1.54, 1.807) is 7.11 Å². The number of aromatic nitrogens is 1. The van der Waals surface area contributed by atoms with Crippen molar-refractivity contribution in [3.63, 3.8) is 0 Å². The lowest BCUT2D eigenvalue weighted by Crippen LogP contribution is -2.29. The third-order valence-electron chi connectivity index (χ3n) is 3.51. The van der Waals surface area contributed by atoms with E-state index in [1.807, 2.05) is 36.9 Å². The van der Waals surface area contributed by atoms with Gasteiger partial charge >= 0.3 is 0 Å². The number of nitrogens with zero attached hydrogens (tertiary/aromatic N) is 2. The summed E-state index contributed by atoms with van der Waals surface area (Å²) in [4.78, 5) is 8.24. The molecule has 1 aromatic carbocycles. The number of nitrogen functional groups attached to an aromatic ring is 1. The van der Waals surface area contributed by atoms with Gasteiger partial charge in [0.1, 0.15) is 5.75 Å². The molecule has 2 heterocycles. The smallest absolute Gasteiger partial charge is 0.122 e. The highest BCUT2D eigenvalue weighted by molar-refractivity contribution is 7.99. The van der Waals surface area contributed by atoms with E-state index in [4.69, 9.17) is 10.5 Å². The van der Waals surface area contributed by atoms with Crippen LogP contribution in [-0.4, -0.2) is 24.4 Å². The standard InChI is InChI=1S/C16H19N3OS/c1-11-7-14(20-2)9-13(18-11)10-19-5-6-21-16-4-3-12(17)8-15(16)19/h3-4,7-9H,5-6,10,17H2,1-2H3. The van der Waals surface area contributed by atoms with Gasteiger partial charge in [-0.05, 0) is 25.1 Å². The Morgan fingerprint density at radius 1 is 1.33 bits per heavy atom. The number of methoxy groups -OCH3 is 1. The normalized spacial score (nSPS) is 13.9. The molecule has 0 spiro atoms. The highest BCUT2D eigenvalue weighted by Crippen LogP contribution is 2.36. The summed E-state index contributed by atoms with van der Waals surface area (Å²) in [6, 6.07) is 10.1. The van der Waals surface area contributed by atoms with Gasteiger partial charge in [-0.1, -0.05) is 0 Å². The lowest BCUT2D eigenvalue weighted by Gasteiger charge is -2.31. The molecular formula is C16H19N3OS. The molecule has 1 aliphatic heterocycles. The summed E-state index contributed by atoms with van der Waals surface area (Å²) >= 11 is 1.88. The molecule has 0 amide bonds. The molecule has 0 fully saturated rings. The average molecular weight is 301 g/mol. The molecule has 1 aromatic heterocycles. The summed E-state index contributed by atoms with van der Waals surface area (Å²) in [5.74, 6) is 1.94. The number of thioether (sulfide) groups is 1. The zero-order chi connectivity index (χ0) is 14.8. The van der Waals surface area contributed by atoms with Crippen LogP contribution in [0.2, 0.25) is 0 Å². The highest BCUT2D eigenvalue weighted by atomic mass is 32.2. The summed E-state index contributed by atoms with van der Waals surface area (Å²) in [5, 5.41) is 0. The van der Waals surface area contributed by atoms with Crippen LogP contribution >= 0.6 is 11.8 Å². The molecule has 3 rings (SSSR count). The number of hydrogen-bond donors (Lipinski definition) is 1. The molecule has 0 saturated carbocycles. The number of rotatable bonds is 3. The van der Waals surface area contributed by atoms with E-state index in [1.165, 1.54) is 10.6 Å². The topological polar surface area (TPSA) is 51.4 Å². The van der Waals surface area contributed by atoms with Crippen molar-refractivity contribution in [3.8, 4) is 5.75 Å². The number of aryl methyl sites for hydroxylation is 1. The SMILES string of the molecule is COc1cc(C)nc(CN2CCSc3ccc(N)cc32)c1. The number of ether oxygens (including phenoxy) is 1. The van der Waals surface area contributed by atoms with Crippen molar-refractivity contribution < 1.29 is 4.74 Å². The fourth-order valence-corrected chi connectivity index (χ4v) is 3.58. The van der Waals surface area contributed by atoms with Crippen molar-refractivity contribution >= 4 is 23.1 Å². The zero-order valence-electron chi connectivity index (χ0n) is 12.3. The van der Waals surface area contributed by atoms with Gasteiger partial charge in [0.2, 0.25) is 0 Å². The van der Waals surface area contributed by atoms with Crippen LogP contribution in [0.15, 0.2) is 35.2 Å². The first-order chi connectivity index (χ1) is 10.2. The highest BCUT2D eigenvalue weighted by Gasteiger charge is 2.18. The van der Waals surface area contributed by atoms with Crippen LogP contribution in [0, 0.1) is 6.92 Å². The van der Waals surface area contributed by atoms with Gasteiger partial charge in [0.25, 0.3) is 0 Å². The molecule has 2 N–H and O–H groups in total. The molecule has 0 radical (unpaired) electrons. The average Bonchev–Trinajstić information content (AvgIpc) is 2.47. The first-order valence-corrected chi connectivity index (χ1v) is 7.93. The molecule has 0 unspecified atom stereocenters. The molecule has 110 valence electrons.